The Morgan fingerprint density at radius 2 is 2.12 bits per heavy atom. The summed E-state index contributed by atoms with van der Waals surface area (Å²) in [5.41, 5.74) is 0.638. The zero-order chi connectivity index (χ0) is 17.3. The largest absolute Gasteiger partial charge is 0.338 e. The molecule has 0 aliphatic carbocycles. The number of halogens is 2. The van der Waals surface area contributed by atoms with E-state index in [2.05, 4.69) is 20.5 Å². The SMILES string of the molecule is CN(c1nncc(Nc2ccc(Cl)cc2Cl)n1)C1CCS(=O)(=O)C1. The molecule has 1 aliphatic rings. The van der Waals surface area contributed by atoms with E-state index in [4.69, 9.17) is 23.2 Å². The van der Waals surface area contributed by atoms with Crippen LogP contribution >= 0.6 is 23.2 Å². The van der Waals surface area contributed by atoms with Gasteiger partial charge in [-0.1, -0.05) is 23.2 Å². The first-order valence-corrected chi connectivity index (χ1v) is 9.77. The van der Waals surface area contributed by atoms with Crippen LogP contribution in [0.4, 0.5) is 17.5 Å². The predicted octanol–water partition coefficient (Wildman–Crippen LogP) is 2.55. The number of nitrogens with zero attached hydrogens (tertiary/aromatic N) is 4. The van der Waals surface area contributed by atoms with Crippen molar-refractivity contribution in [2.45, 2.75) is 12.5 Å². The first-order chi connectivity index (χ1) is 11.3. The molecule has 10 heteroatoms. The van der Waals surface area contributed by atoms with E-state index in [9.17, 15) is 8.42 Å². The molecule has 2 aromatic rings. The maximum atomic E-state index is 11.6. The lowest BCUT2D eigenvalue weighted by molar-refractivity contribution is 0.600. The van der Waals surface area contributed by atoms with Gasteiger partial charge >= 0.3 is 0 Å². The average molecular weight is 388 g/mol. The van der Waals surface area contributed by atoms with E-state index in [1.54, 1.807) is 30.1 Å². The van der Waals surface area contributed by atoms with Crippen molar-refractivity contribution in [3.05, 3.63) is 34.4 Å². The maximum absolute atomic E-state index is 11.6. The van der Waals surface area contributed by atoms with Crippen LogP contribution in [0.5, 0.6) is 0 Å². The monoisotopic (exact) mass is 387 g/mol. The normalized spacial score (nSPS) is 19.2. The Labute approximate surface area is 149 Å². The summed E-state index contributed by atoms with van der Waals surface area (Å²) in [7, 11) is -1.21. The first-order valence-electron chi connectivity index (χ1n) is 7.19. The van der Waals surface area contributed by atoms with Crippen LogP contribution in [0.1, 0.15) is 6.42 Å². The maximum Gasteiger partial charge on any atom is 0.247 e. The van der Waals surface area contributed by atoms with E-state index in [1.807, 2.05) is 0 Å². The minimum Gasteiger partial charge on any atom is -0.338 e. The van der Waals surface area contributed by atoms with E-state index < -0.39 is 9.84 Å². The average Bonchev–Trinajstić information content (AvgIpc) is 2.90. The molecule has 128 valence electrons. The van der Waals surface area contributed by atoms with Gasteiger partial charge in [-0.05, 0) is 24.6 Å². The molecular formula is C14H15Cl2N5O2S. The Balaban J connectivity index is 1.79. The standard InChI is InChI=1S/C14H15Cl2N5O2S/c1-21(10-4-5-24(22,23)8-10)14-19-13(7-17-20-14)18-12-3-2-9(15)6-11(12)16/h2-3,6-7,10H,4-5,8H2,1H3,(H,18,19,20). The van der Waals surface area contributed by atoms with Crippen LogP contribution in [0.3, 0.4) is 0 Å². The summed E-state index contributed by atoms with van der Waals surface area (Å²) >= 11 is 12.0. The third kappa shape index (κ3) is 3.88. The first kappa shape index (κ1) is 17.2. The Morgan fingerprint density at radius 1 is 1.33 bits per heavy atom. The fourth-order valence-electron chi connectivity index (χ4n) is 2.48. The van der Waals surface area contributed by atoms with E-state index in [0.717, 1.165) is 0 Å². The minimum absolute atomic E-state index is 0.105. The fourth-order valence-corrected chi connectivity index (χ4v) is 4.71. The number of aromatic nitrogens is 3. The van der Waals surface area contributed by atoms with Crippen molar-refractivity contribution < 1.29 is 8.42 Å². The molecule has 24 heavy (non-hydrogen) atoms. The van der Waals surface area contributed by atoms with Crippen LogP contribution in [0.2, 0.25) is 10.0 Å². The van der Waals surface area contributed by atoms with Gasteiger partial charge in [0, 0.05) is 18.1 Å². The van der Waals surface area contributed by atoms with Crippen molar-refractivity contribution in [1.29, 1.82) is 0 Å². The summed E-state index contributed by atoms with van der Waals surface area (Å²) in [6, 6.07) is 4.92. The number of anilines is 3. The zero-order valence-corrected chi connectivity index (χ0v) is 15.1. The van der Waals surface area contributed by atoms with E-state index in [-0.39, 0.29) is 17.5 Å². The van der Waals surface area contributed by atoms with Crippen LogP contribution in [0.25, 0.3) is 0 Å². The van der Waals surface area contributed by atoms with Crippen LogP contribution in [-0.4, -0.2) is 48.2 Å². The Hall–Kier alpha value is -1.64. The van der Waals surface area contributed by atoms with Crippen LogP contribution in [0.15, 0.2) is 24.4 Å². The highest BCUT2D eigenvalue weighted by atomic mass is 35.5. The lowest BCUT2D eigenvalue weighted by Crippen LogP contribution is -2.34. The molecule has 0 radical (unpaired) electrons. The summed E-state index contributed by atoms with van der Waals surface area (Å²) < 4.78 is 23.3. The summed E-state index contributed by atoms with van der Waals surface area (Å²) in [4.78, 5) is 6.12. The van der Waals surface area contributed by atoms with E-state index in [1.165, 1.54) is 6.20 Å². The number of hydrogen-bond donors (Lipinski definition) is 1. The van der Waals surface area contributed by atoms with Crippen LogP contribution in [-0.2, 0) is 9.84 Å². The van der Waals surface area contributed by atoms with Crippen molar-refractivity contribution in [2.24, 2.45) is 0 Å². The summed E-state index contributed by atoms with van der Waals surface area (Å²) in [6.07, 6.45) is 2.02. The molecule has 0 spiro atoms. The molecule has 1 aromatic carbocycles. The van der Waals surface area contributed by atoms with E-state index in [0.29, 0.717) is 33.9 Å². The number of rotatable bonds is 4. The molecule has 0 bridgehead atoms. The second-order valence-corrected chi connectivity index (χ2v) is 8.63. The lowest BCUT2D eigenvalue weighted by atomic mass is 10.2. The van der Waals surface area contributed by atoms with Gasteiger partial charge in [-0.25, -0.2) is 8.42 Å². The smallest absolute Gasteiger partial charge is 0.247 e. The number of nitrogens with one attached hydrogen (secondary N) is 1. The van der Waals surface area contributed by atoms with Gasteiger partial charge < -0.3 is 10.2 Å². The molecule has 0 amide bonds. The molecule has 1 N–H and O–H groups in total. The molecular weight excluding hydrogens is 373 g/mol. The van der Waals surface area contributed by atoms with Crippen molar-refractivity contribution in [3.8, 4) is 0 Å². The van der Waals surface area contributed by atoms with Crippen LogP contribution in [0, 0.1) is 0 Å². The number of hydrogen-bond acceptors (Lipinski definition) is 7. The fraction of sp³-hybridized carbons (Fsp3) is 0.357. The lowest BCUT2D eigenvalue weighted by Gasteiger charge is -2.23. The number of sulfone groups is 1. The molecule has 1 atom stereocenters. The van der Waals surface area contributed by atoms with Gasteiger partial charge in [0.05, 0.1) is 28.4 Å². The summed E-state index contributed by atoms with van der Waals surface area (Å²) in [6.45, 7) is 0. The zero-order valence-electron chi connectivity index (χ0n) is 12.8. The molecule has 1 aliphatic heterocycles. The second kappa shape index (κ2) is 6.70. The van der Waals surface area contributed by atoms with Gasteiger partial charge in [0.25, 0.3) is 0 Å². The van der Waals surface area contributed by atoms with Gasteiger partial charge in [0.1, 0.15) is 0 Å². The van der Waals surface area contributed by atoms with Gasteiger partial charge in [-0.15, -0.1) is 5.10 Å². The predicted molar refractivity (Wildman–Crippen MR) is 95.0 cm³/mol. The molecule has 2 heterocycles. The summed E-state index contributed by atoms with van der Waals surface area (Å²) in [5.74, 6) is 1.10. The van der Waals surface area contributed by atoms with Crippen molar-refractivity contribution in [3.63, 3.8) is 0 Å². The Bertz CT molecular complexity index is 862. The topological polar surface area (TPSA) is 88.1 Å². The minimum atomic E-state index is -2.98. The van der Waals surface area contributed by atoms with Gasteiger partial charge in [0.15, 0.2) is 15.7 Å². The van der Waals surface area contributed by atoms with Crippen molar-refractivity contribution >= 4 is 50.5 Å². The quantitative estimate of drug-likeness (QED) is 0.861. The Kier molecular flexibility index (Phi) is 4.80. The Morgan fingerprint density at radius 3 is 2.79 bits per heavy atom. The van der Waals surface area contributed by atoms with Gasteiger partial charge in [-0.2, -0.15) is 10.1 Å². The molecule has 0 saturated carbocycles. The molecule has 7 nitrogen and oxygen atoms in total. The molecule has 1 saturated heterocycles. The summed E-state index contributed by atoms with van der Waals surface area (Å²) in [5, 5.41) is 12.0. The van der Waals surface area contributed by atoms with Gasteiger partial charge in [0.2, 0.25) is 5.95 Å². The van der Waals surface area contributed by atoms with Crippen molar-refractivity contribution in [2.75, 3.05) is 28.8 Å². The van der Waals surface area contributed by atoms with Crippen LogP contribution < -0.4 is 10.2 Å². The molecule has 1 unspecified atom stereocenters. The molecule has 1 fully saturated rings. The molecule has 3 rings (SSSR count). The van der Waals surface area contributed by atoms with Gasteiger partial charge in [-0.3, -0.25) is 0 Å². The third-order valence-electron chi connectivity index (χ3n) is 3.81. The van der Waals surface area contributed by atoms with E-state index >= 15 is 0 Å². The third-order valence-corrected chi connectivity index (χ3v) is 6.11. The number of benzene rings is 1. The highest BCUT2D eigenvalue weighted by Crippen LogP contribution is 2.28. The second-order valence-electron chi connectivity index (χ2n) is 5.56. The molecule has 1 aromatic heterocycles. The highest BCUT2D eigenvalue weighted by Gasteiger charge is 2.32. The highest BCUT2D eigenvalue weighted by molar-refractivity contribution is 7.91. The van der Waals surface area contributed by atoms with Crippen molar-refractivity contribution in [1.82, 2.24) is 15.2 Å².